The lowest BCUT2D eigenvalue weighted by Crippen LogP contribution is -2.57. The fraction of sp³-hybridized carbons (Fsp3) is 0.917. The number of amides is 1. The lowest BCUT2D eigenvalue weighted by atomic mass is 10.0. The molecule has 0 aromatic rings. The minimum absolute atomic E-state index is 0.218. The van der Waals surface area contributed by atoms with E-state index >= 15 is 0 Å². The summed E-state index contributed by atoms with van der Waals surface area (Å²) in [6.07, 6.45) is 1.86. The third-order valence-electron chi connectivity index (χ3n) is 2.91. The van der Waals surface area contributed by atoms with E-state index in [1.807, 2.05) is 20.8 Å². The first-order valence-electron chi connectivity index (χ1n) is 5.96. The highest BCUT2D eigenvalue weighted by Crippen LogP contribution is 2.16. The van der Waals surface area contributed by atoms with E-state index in [9.17, 15) is 4.79 Å². The highest BCUT2D eigenvalue weighted by Gasteiger charge is 2.32. The zero-order chi connectivity index (χ0) is 12.8. The van der Waals surface area contributed by atoms with Gasteiger partial charge in [-0.25, -0.2) is 0 Å². The molecule has 16 heavy (non-hydrogen) atoms. The highest BCUT2D eigenvalue weighted by molar-refractivity contribution is 5.84. The Kier molecular flexibility index (Phi) is 5.97. The molecule has 0 aromatic carbocycles. The monoisotopic (exact) mass is 230 g/mol. The van der Waals surface area contributed by atoms with Gasteiger partial charge < -0.3 is 15.8 Å². The van der Waals surface area contributed by atoms with Crippen LogP contribution in [-0.4, -0.2) is 30.2 Å². The lowest BCUT2D eigenvalue weighted by Gasteiger charge is -2.32. The van der Waals surface area contributed by atoms with Crippen molar-refractivity contribution in [3.63, 3.8) is 0 Å². The molecule has 0 rings (SSSR count). The number of carbonyl (C=O) groups is 1. The van der Waals surface area contributed by atoms with Gasteiger partial charge in [0.25, 0.3) is 0 Å². The van der Waals surface area contributed by atoms with Gasteiger partial charge in [0.1, 0.15) is 5.54 Å². The van der Waals surface area contributed by atoms with Crippen LogP contribution < -0.4 is 11.1 Å². The molecule has 0 spiro atoms. The van der Waals surface area contributed by atoms with Crippen LogP contribution >= 0.6 is 0 Å². The van der Waals surface area contributed by atoms with Crippen molar-refractivity contribution in [1.29, 1.82) is 0 Å². The molecule has 0 saturated carbocycles. The van der Waals surface area contributed by atoms with Crippen LogP contribution in [0.2, 0.25) is 0 Å². The molecule has 0 aliphatic carbocycles. The summed E-state index contributed by atoms with van der Waals surface area (Å²) in [6.45, 7) is 11.0. The molecule has 0 aliphatic heterocycles. The molecule has 0 heterocycles. The largest absolute Gasteiger partial charge is 0.373 e. The Morgan fingerprint density at radius 3 is 2.25 bits per heavy atom. The van der Waals surface area contributed by atoms with E-state index in [-0.39, 0.29) is 11.5 Å². The maximum Gasteiger partial charge on any atom is 0.239 e. The molecular formula is C12H26N2O2. The third kappa shape index (κ3) is 4.94. The average molecular weight is 230 g/mol. The zero-order valence-corrected chi connectivity index (χ0v) is 11.2. The van der Waals surface area contributed by atoms with Crippen molar-refractivity contribution < 1.29 is 9.53 Å². The number of nitrogens with one attached hydrogen (secondary N) is 1. The molecule has 0 fully saturated rings. The molecule has 3 N–H and O–H groups in total. The van der Waals surface area contributed by atoms with Crippen molar-refractivity contribution in [2.24, 2.45) is 5.73 Å². The predicted molar refractivity (Wildman–Crippen MR) is 66.2 cm³/mol. The number of nitrogens with two attached hydrogens (primary N) is 1. The van der Waals surface area contributed by atoms with E-state index in [4.69, 9.17) is 10.5 Å². The van der Waals surface area contributed by atoms with Crippen LogP contribution in [0.3, 0.4) is 0 Å². The molecule has 1 unspecified atom stereocenters. The second-order valence-electron chi connectivity index (χ2n) is 5.03. The maximum atomic E-state index is 11.4. The second kappa shape index (κ2) is 6.21. The van der Waals surface area contributed by atoms with E-state index in [1.54, 1.807) is 6.92 Å². The average Bonchev–Trinajstić information content (AvgIpc) is 2.23. The third-order valence-corrected chi connectivity index (χ3v) is 2.91. The Balaban J connectivity index is 4.39. The van der Waals surface area contributed by atoms with Crippen molar-refractivity contribution in [2.45, 2.75) is 58.6 Å². The first-order chi connectivity index (χ1) is 7.27. The van der Waals surface area contributed by atoms with E-state index in [1.165, 1.54) is 0 Å². The minimum atomic E-state index is -0.775. The molecule has 0 aromatic heterocycles. The quantitative estimate of drug-likeness (QED) is 0.663. The maximum absolute atomic E-state index is 11.4. The van der Waals surface area contributed by atoms with Gasteiger partial charge in [-0.1, -0.05) is 13.8 Å². The van der Waals surface area contributed by atoms with Crippen LogP contribution in [0.15, 0.2) is 0 Å². The van der Waals surface area contributed by atoms with Gasteiger partial charge in [-0.2, -0.15) is 0 Å². The highest BCUT2D eigenvalue weighted by atomic mass is 16.5. The fourth-order valence-electron chi connectivity index (χ4n) is 1.05. The van der Waals surface area contributed by atoms with Crippen molar-refractivity contribution >= 4 is 5.91 Å². The van der Waals surface area contributed by atoms with Crippen LogP contribution in [0.4, 0.5) is 0 Å². The minimum Gasteiger partial charge on any atom is -0.373 e. The van der Waals surface area contributed by atoms with Gasteiger partial charge in [-0.3, -0.25) is 4.79 Å². The molecule has 0 saturated heterocycles. The summed E-state index contributed by atoms with van der Waals surface area (Å²) in [7, 11) is 0. The summed E-state index contributed by atoms with van der Waals surface area (Å²) in [5, 5.41) is 3.14. The number of primary amides is 1. The Morgan fingerprint density at radius 1 is 1.31 bits per heavy atom. The van der Waals surface area contributed by atoms with E-state index in [2.05, 4.69) is 12.2 Å². The Labute approximate surface area is 98.9 Å². The van der Waals surface area contributed by atoms with Gasteiger partial charge in [0.05, 0.1) is 12.2 Å². The van der Waals surface area contributed by atoms with E-state index in [0.717, 1.165) is 19.4 Å². The summed E-state index contributed by atoms with van der Waals surface area (Å²) in [4.78, 5) is 11.4. The molecule has 4 heteroatoms. The Bertz CT molecular complexity index is 229. The van der Waals surface area contributed by atoms with E-state index < -0.39 is 5.54 Å². The molecular weight excluding hydrogens is 204 g/mol. The standard InChI is InChI=1S/C12H26N2O2/c1-6-8-14-12(5,10(13)15)9-16-11(3,4)7-2/h14H,6-9H2,1-5H3,(H2,13,15). The number of rotatable bonds is 8. The second-order valence-corrected chi connectivity index (χ2v) is 5.03. The van der Waals surface area contributed by atoms with Gasteiger partial charge in [-0.15, -0.1) is 0 Å². The summed E-state index contributed by atoms with van der Waals surface area (Å²) in [5.41, 5.74) is 4.41. The SMILES string of the molecule is CCCNC(C)(COC(C)(C)CC)C(N)=O. The summed E-state index contributed by atoms with van der Waals surface area (Å²) < 4.78 is 5.74. The van der Waals surface area contributed by atoms with Crippen molar-refractivity contribution in [3.8, 4) is 0 Å². The molecule has 0 bridgehead atoms. The lowest BCUT2D eigenvalue weighted by molar-refractivity contribution is -0.129. The topological polar surface area (TPSA) is 64.3 Å². The number of hydrogen-bond donors (Lipinski definition) is 2. The van der Waals surface area contributed by atoms with Crippen LogP contribution in [0.25, 0.3) is 0 Å². The first kappa shape index (κ1) is 15.4. The number of ether oxygens (including phenoxy) is 1. The van der Waals surface area contributed by atoms with Gasteiger partial charge >= 0.3 is 0 Å². The molecule has 1 amide bonds. The summed E-state index contributed by atoms with van der Waals surface area (Å²) in [5.74, 6) is -0.368. The summed E-state index contributed by atoms with van der Waals surface area (Å²) >= 11 is 0. The van der Waals surface area contributed by atoms with E-state index in [0.29, 0.717) is 6.61 Å². The normalized spacial score (nSPS) is 15.8. The van der Waals surface area contributed by atoms with Crippen LogP contribution in [0.5, 0.6) is 0 Å². The first-order valence-corrected chi connectivity index (χ1v) is 5.96. The number of carbonyl (C=O) groups excluding carboxylic acids is 1. The van der Waals surface area contributed by atoms with Crippen LogP contribution in [-0.2, 0) is 9.53 Å². The van der Waals surface area contributed by atoms with Crippen molar-refractivity contribution in [3.05, 3.63) is 0 Å². The predicted octanol–water partition coefficient (Wildman–Crippen LogP) is 1.44. The van der Waals surface area contributed by atoms with Gasteiger partial charge in [0, 0.05) is 0 Å². The molecule has 96 valence electrons. The Hall–Kier alpha value is -0.610. The van der Waals surface area contributed by atoms with Gasteiger partial charge in [0.2, 0.25) is 5.91 Å². The van der Waals surface area contributed by atoms with Gasteiger partial charge in [-0.05, 0) is 40.2 Å². The van der Waals surface area contributed by atoms with Crippen LogP contribution in [0.1, 0.15) is 47.5 Å². The molecule has 0 aliphatic rings. The van der Waals surface area contributed by atoms with Crippen LogP contribution in [0, 0.1) is 0 Å². The van der Waals surface area contributed by atoms with Crippen molar-refractivity contribution in [2.75, 3.05) is 13.2 Å². The molecule has 0 radical (unpaired) electrons. The van der Waals surface area contributed by atoms with Crippen molar-refractivity contribution in [1.82, 2.24) is 5.32 Å². The Morgan fingerprint density at radius 2 is 1.88 bits per heavy atom. The molecule has 1 atom stereocenters. The molecule has 4 nitrogen and oxygen atoms in total. The smallest absolute Gasteiger partial charge is 0.239 e. The van der Waals surface area contributed by atoms with Gasteiger partial charge in [0.15, 0.2) is 0 Å². The fourth-order valence-corrected chi connectivity index (χ4v) is 1.05. The number of hydrogen-bond acceptors (Lipinski definition) is 3. The zero-order valence-electron chi connectivity index (χ0n) is 11.2. The summed E-state index contributed by atoms with van der Waals surface area (Å²) in [6, 6.07) is 0.